The van der Waals surface area contributed by atoms with E-state index in [4.69, 9.17) is 21.8 Å². The molecule has 0 heterocycles. The molecule has 4 N–H and O–H groups in total. The van der Waals surface area contributed by atoms with Crippen molar-refractivity contribution in [3.8, 4) is 0 Å². The van der Waals surface area contributed by atoms with Crippen molar-refractivity contribution in [3.05, 3.63) is 28.8 Å². The number of carboxylic acid groups (broad SMARTS) is 1. The molecule has 0 unspecified atom stereocenters. The summed E-state index contributed by atoms with van der Waals surface area (Å²) in [7, 11) is 0. The Balaban J connectivity index is 2.87. The number of alkyl halides is 3. The first kappa shape index (κ1) is 17.1. The van der Waals surface area contributed by atoms with Gasteiger partial charge >= 0.3 is 18.2 Å². The third-order valence-corrected chi connectivity index (χ3v) is 2.66. The molecule has 0 spiro atoms. The molecule has 0 saturated carbocycles. The quantitative estimate of drug-likeness (QED) is 0.679. The Bertz CT molecular complexity index is 551. The van der Waals surface area contributed by atoms with Gasteiger partial charge in [-0.15, -0.1) is 0 Å². The highest BCUT2D eigenvalue weighted by molar-refractivity contribution is 6.33. The molecular formula is C11H10ClF3N2O4. The number of amides is 2. The lowest BCUT2D eigenvalue weighted by Gasteiger charge is -2.14. The first-order chi connectivity index (χ1) is 9.65. The second-order valence-corrected chi connectivity index (χ2v) is 4.27. The lowest BCUT2D eigenvalue weighted by atomic mass is 10.2. The molecule has 0 radical (unpaired) electrons. The lowest BCUT2D eigenvalue weighted by molar-refractivity contribution is -0.140. The highest BCUT2D eigenvalue weighted by atomic mass is 35.5. The molecule has 21 heavy (non-hydrogen) atoms. The van der Waals surface area contributed by atoms with Gasteiger partial charge in [0, 0.05) is 0 Å². The molecular weight excluding hydrogens is 317 g/mol. The van der Waals surface area contributed by atoms with Crippen LogP contribution in [-0.4, -0.2) is 34.9 Å². The molecule has 2 amide bonds. The number of anilines is 1. The van der Waals surface area contributed by atoms with Crippen LogP contribution in [0.3, 0.4) is 0 Å². The van der Waals surface area contributed by atoms with Crippen LogP contribution in [0.25, 0.3) is 0 Å². The lowest BCUT2D eigenvalue weighted by Crippen LogP contribution is -2.45. The van der Waals surface area contributed by atoms with E-state index in [0.29, 0.717) is 6.07 Å². The van der Waals surface area contributed by atoms with Crippen molar-refractivity contribution in [1.82, 2.24) is 5.32 Å². The van der Waals surface area contributed by atoms with Crippen LogP contribution in [0.5, 0.6) is 0 Å². The monoisotopic (exact) mass is 326 g/mol. The number of carbonyl (C=O) groups is 2. The number of carbonyl (C=O) groups excluding carboxylic acids is 1. The Kier molecular flexibility index (Phi) is 5.39. The molecule has 0 aliphatic rings. The van der Waals surface area contributed by atoms with Crippen LogP contribution in [0.15, 0.2) is 18.2 Å². The average Bonchev–Trinajstić information content (AvgIpc) is 2.36. The third kappa shape index (κ3) is 4.80. The van der Waals surface area contributed by atoms with Crippen LogP contribution >= 0.6 is 11.6 Å². The van der Waals surface area contributed by atoms with Crippen LogP contribution < -0.4 is 10.6 Å². The largest absolute Gasteiger partial charge is 0.480 e. The Morgan fingerprint density at radius 3 is 2.43 bits per heavy atom. The molecule has 1 aromatic rings. The number of urea groups is 1. The average molecular weight is 327 g/mol. The zero-order chi connectivity index (χ0) is 16.2. The van der Waals surface area contributed by atoms with Crippen molar-refractivity contribution >= 4 is 29.3 Å². The number of nitrogens with one attached hydrogen (secondary N) is 2. The predicted octanol–water partition coefficient (Wildman–Crippen LogP) is 1.93. The normalized spacial score (nSPS) is 12.6. The van der Waals surface area contributed by atoms with E-state index in [-0.39, 0.29) is 10.7 Å². The summed E-state index contributed by atoms with van der Waals surface area (Å²) in [6.07, 6.45) is -4.62. The molecule has 0 aliphatic heterocycles. The summed E-state index contributed by atoms with van der Waals surface area (Å²) in [5, 5.41) is 21.0. The molecule has 0 bridgehead atoms. The molecule has 0 aliphatic carbocycles. The number of hydrogen-bond acceptors (Lipinski definition) is 3. The predicted molar refractivity (Wildman–Crippen MR) is 67.1 cm³/mol. The Hall–Kier alpha value is -2.00. The van der Waals surface area contributed by atoms with Gasteiger partial charge in [-0.1, -0.05) is 11.6 Å². The number of aliphatic carboxylic acids is 1. The maximum Gasteiger partial charge on any atom is 0.416 e. The van der Waals surface area contributed by atoms with Gasteiger partial charge in [-0.25, -0.2) is 9.59 Å². The summed E-state index contributed by atoms with van der Waals surface area (Å²) in [6, 6.07) is -0.413. The van der Waals surface area contributed by atoms with Crippen molar-refractivity contribution < 1.29 is 33.0 Å². The number of hydrogen-bond donors (Lipinski definition) is 4. The van der Waals surface area contributed by atoms with Gasteiger partial charge in [-0.2, -0.15) is 13.2 Å². The number of benzene rings is 1. The number of aliphatic hydroxyl groups excluding tert-OH is 1. The molecule has 6 nitrogen and oxygen atoms in total. The summed E-state index contributed by atoms with van der Waals surface area (Å²) in [5.41, 5.74) is -1.37. The molecule has 10 heteroatoms. The number of rotatable bonds is 4. The van der Waals surface area contributed by atoms with Crippen LogP contribution in [0, 0.1) is 0 Å². The van der Waals surface area contributed by atoms with Crippen LogP contribution in [0.4, 0.5) is 23.7 Å². The van der Waals surface area contributed by atoms with E-state index in [2.05, 4.69) is 0 Å². The van der Waals surface area contributed by atoms with Gasteiger partial charge in [0.05, 0.1) is 22.9 Å². The van der Waals surface area contributed by atoms with Crippen LogP contribution in [-0.2, 0) is 11.0 Å². The minimum Gasteiger partial charge on any atom is -0.480 e. The van der Waals surface area contributed by atoms with E-state index >= 15 is 0 Å². The fourth-order valence-corrected chi connectivity index (χ4v) is 1.46. The number of carboxylic acids is 1. The number of aliphatic hydroxyl groups is 1. The Morgan fingerprint density at radius 2 is 1.95 bits per heavy atom. The maximum absolute atomic E-state index is 12.5. The second kappa shape index (κ2) is 6.64. The van der Waals surface area contributed by atoms with E-state index in [0.717, 1.165) is 12.1 Å². The minimum atomic E-state index is -4.62. The SMILES string of the molecule is O=C(Nc1cc(C(F)(F)F)ccc1Cl)N[C@H](CO)C(=O)O. The van der Waals surface area contributed by atoms with Crippen molar-refractivity contribution in [3.63, 3.8) is 0 Å². The maximum atomic E-state index is 12.5. The van der Waals surface area contributed by atoms with Crippen molar-refractivity contribution in [2.45, 2.75) is 12.2 Å². The first-order valence-corrected chi connectivity index (χ1v) is 5.81. The summed E-state index contributed by atoms with van der Waals surface area (Å²) in [5.74, 6) is -1.50. The van der Waals surface area contributed by atoms with Gasteiger partial charge in [0.1, 0.15) is 0 Å². The van der Waals surface area contributed by atoms with Gasteiger partial charge < -0.3 is 20.8 Å². The van der Waals surface area contributed by atoms with Gasteiger partial charge in [0.2, 0.25) is 0 Å². The minimum absolute atomic E-state index is 0.158. The van der Waals surface area contributed by atoms with Gasteiger partial charge in [0.15, 0.2) is 6.04 Å². The number of halogens is 4. The van der Waals surface area contributed by atoms with E-state index in [1.807, 2.05) is 10.6 Å². The van der Waals surface area contributed by atoms with Crippen LogP contribution in [0.2, 0.25) is 5.02 Å². The van der Waals surface area contributed by atoms with Gasteiger partial charge in [-0.3, -0.25) is 0 Å². The van der Waals surface area contributed by atoms with Gasteiger partial charge in [0.25, 0.3) is 0 Å². The van der Waals surface area contributed by atoms with Crippen molar-refractivity contribution in [2.24, 2.45) is 0 Å². The summed E-state index contributed by atoms with van der Waals surface area (Å²) in [4.78, 5) is 22.1. The molecule has 0 fully saturated rings. The van der Waals surface area contributed by atoms with E-state index in [1.54, 1.807) is 0 Å². The topological polar surface area (TPSA) is 98.7 Å². The van der Waals surface area contributed by atoms with Gasteiger partial charge in [-0.05, 0) is 18.2 Å². The fraction of sp³-hybridized carbons (Fsp3) is 0.273. The standard InChI is InChI=1S/C11H10ClF3N2O4/c12-6-2-1-5(11(13,14)15)3-7(6)16-10(21)17-8(4-18)9(19)20/h1-3,8,18H,4H2,(H,19,20)(H2,16,17,21)/t8-/m1/s1. The zero-order valence-corrected chi connectivity index (χ0v) is 11.0. The molecule has 1 rings (SSSR count). The smallest absolute Gasteiger partial charge is 0.416 e. The highest BCUT2D eigenvalue weighted by Gasteiger charge is 2.31. The molecule has 1 atom stereocenters. The molecule has 0 saturated heterocycles. The van der Waals surface area contributed by atoms with Crippen molar-refractivity contribution in [2.75, 3.05) is 11.9 Å². The second-order valence-electron chi connectivity index (χ2n) is 3.86. The van der Waals surface area contributed by atoms with E-state index < -0.39 is 36.4 Å². The van der Waals surface area contributed by atoms with E-state index in [9.17, 15) is 22.8 Å². The highest BCUT2D eigenvalue weighted by Crippen LogP contribution is 2.33. The van der Waals surface area contributed by atoms with Crippen LogP contribution in [0.1, 0.15) is 5.56 Å². The fourth-order valence-electron chi connectivity index (χ4n) is 1.30. The summed E-state index contributed by atoms with van der Waals surface area (Å²) in [6.45, 7) is -0.876. The van der Waals surface area contributed by atoms with Crippen molar-refractivity contribution in [1.29, 1.82) is 0 Å². The Morgan fingerprint density at radius 1 is 1.33 bits per heavy atom. The summed E-state index contributed by atoms with van der Waals surface area (Å²) < 4.78 is 37.6. The molecule has 0 aromatic heterocycles. The molecule has 116 valence electrons. The third-order valence-electron chi connectivity index (χ3n) is 2.33. The molecule has 1 aromatic carbocycles. The zero-order valence-electron chi connectivity index (χ0n) is 10.2. The summed E-state index contributed by atoms with van der Waals surface area (Å²) >= 11 is 5.65. The first-order valence-electron chi connectivity index (χ1n) is 5.43. The Labute approximate surface area is 121 Å². The van der Waals surface area contributed by atoms with E-state index in [1.165, 1.54) is 0 Å².